The molecule has 0 spiro atoms. The molecule has 0 bridgehead atoms. The monoisotopic (exact) mass is 268 g/mol. The number of rotatable bonds is 3. The number of halogens is 2. The Kier molecular flexibility index (Phi) is 3.52. The molecule has 2 fully saturated rings. The third-order valence-corrected chi connectivity index (χ3v) is 3.92. The summed E-state index contributed by atoms with van der Waals surface area (Å²) in [6.45, 7) is 1.66. The van der Waals surface area contributed by atoms with E-state index in [-0.39, 0.29) is 18.0 Å². The lowest BCUT2D eigenvalue weighted by Crippen LogP contribution is -2.49. The van der Waals surface area contributed by atoms with Gasteiger partial charge in [0, 0.05) is 24.7 Å². The van der Waals surface area contributed by atoms with Crippen LogP contribution < -0.4 is 5.73 Å². The Labute approximate surface area is 111 Å². The van der Waals surface area contributed by atoms with Crippen molar-refractivity contribution in [3.8, 4) is 0 Å². The van der Waals surface area contributed by atoms with E-state index in [1.807, 2.05) is 0 Å². The molecule has 0 amide bonds. The first-order valence-electron chi connectivity index (χ1n) is 6.73. The third-order valence-electron chi connectivity index (χ3n) is 3.92. The molecule has 2 unspecified atom stereocenters. The van der Waals surface area contributed by atoms with Gasteiger partial charge in [-0.15, -0.1) is 0 Å². The van der Waals surface area contributed by atoms with Crippen molar-refractivity contribution in [1.29, 1.82) is 0 Å². The maximum atomic E-state index is 14.0. The van der Waals surface area contributed by atoms with Crippen LogP contribution in [-0.4, -0.2) is 36.7 Å². The Balaban J connectivity index is 1.97. The van der Waals surface area contributed by atoms with Crippen LogP contribution in [0, 0.1) is 11.6 Å². The summed E-state index contributed by atoms with van der Waals surface area (Å²) in [5, 5.41) is 0. The van der Waals surface area contributed by atoms with E-state index < -0.39 is 5.82 Å². The second kappa shape index (κ2) is 5.15. The van der Waals surface area contributed by atoms with E-state index in [0.717, 1.165) is 25.5 Å². The van der Waals surface area contributed by atoms with Crippen LogP contribution in [0.3, 0.4) is 0 Å². The SMILES string of the molecule is NCC1OCCN(C2CC2)C1c1cc(F)ccc1F. The maximum Gasteiger partial charge on any atom is 0.128 e. The molecule has 2 atom stereocenters. The molecule has 2 aliphatic rings. The van der Waals surface area contributed by atoms with Crippen molar-refractivity contribution in [3.63, 3.8) is 0 Å². The van der Waals surface area contributed by atoms with Crippen molar-refractivity contribution in [2.24, 2.45) is 5.73 Å². The van der Waals surface area contributed by atoms with Crippen LogP contribution >= 0.6 is 0 Å². The minimum absolute atomic E-state index is 0.273. The van der Waals surface area contributed by atoms with Crippen molar-refractivity contribution in [2.45, 2.75) is 31.0 Å². The quantitative estimate of drug-likeness (QED) is 0.909. The molecule has 2 N–H and O–H groups in total. The largest absolute Gasteiger partial charge is 0.374 e. The van der Waals surface area contributed by atoms with E-state index in [1.165, 1.54) is 12.1 Å². The predicted octanol–water partition coefficient (Wildman–Crippen LogP) is 1.83. The average molecular weight is 268 g/mol. The van der Waals surface area contributed by atoms with Crippen LogP contribution in [0.1, 0.15) is 24.4 Å². The number of nitrogens with zero attached hydrogens (tertiary/aromatic N) is 1. The first kappa shape index (κ1) is 13.0. The van der Waals surface area contributed by atoms with Gasteiger partial charge in [-0.25, -0.2) is 8.78 Å². The summed E-state index contributed by atoms with van der Waals surface area (Å²) < 4.78 is 33.1. The number of nitrogens with two attached hydrogens (primary N) is 1. The van der Waals surface area contributed by atoms with Crippen molar-refractivity contribution in [1.82, 2.24) is 4.90 Å². The summed E-state index contributed by atoms with van der Waals surface area (Å²) in [6.07, 6.45) is 1.96. The zero-order chi connectivity index (χ0) is 13.4. The molecule has 3 rings (SSSR count). The van der Waals surface area contributed by atoms with Crippen molar-refractivity contribution in [2.75, 3.05) is 19.7 Å². The fourth-order valence-corrected chi connectivity index (χ4v) is 2.89. The van der Waals surface area contributed by atoms with Gasteiger partial charge in [0.05, 0.1) is 18.8 Å². The average Bonchev–Trinajstić information content (AvgIpc) is 3.25. The highest BCUT2D eigenvalue weighted by Crippen LogP contribution is 2.39. The molecule has 1 aromatic rings. The molecule has 1 heterocycles. The smallest absolute Gasteiger partial charge is 0.128 e. The van der Waals surface area contributed by atoms with Gasteiger partial charge in [0.2, 0.25) is 0 Å². The van der Waals surface area contributed by atoms with Crippen molar-refractivity contribution >= 4 is 0 Å². The van der Waals surface area contributed by atoms with E-state index in [0.29, 0.717) is 24.8 Å². The summed E-state index contributed by atoms with van der Waals surface area (Å²) in [6, 6.07) is 3.78. The molecular weight excluding hydrogens is 250 g/mol. The standard InChI is InChI=1S/C14H18F2N2O/c15-9-1-4-12(16)11(7-9)14-13(8-17)19-6-5-18(14)10-2-3-10/h1,4,7,10,13-14H,2-3,5-6,8,17H2. The Hall–Kier alpha value is -1.04. The second-order valence-corrected chi connectivity index (χ2v) is 5.22. The zero-order valence-corrected chi connectivity index (χ0v) is 10.7. The van der Waals surface area contributed by atoms with Gasteiger partial charge in [-0.05, 0) is 31.0 Å². The summed E-state index contributed by atoms with van der Waals surface area (Å²) in [4.78, 5) is 2.22. The van der Waals surface area contributed by atoms with E-state index in [4.69, 9.17) is 10.5 Å². The van der Waals surface area contributed by atoms with Gasteiger partial charge in [0.1, 0.15) is 11.6 Å². The van der Waals surface area contributed by atoms with Crippen LogP contribution in [-0.2, 0) is 4.74 Å². The molecule has 1 saturated heterocycles. The van der Waals surface area contributed by atoms with Gasteiger partial charge in [0.15, 0.2) is 0 Å². The molecule has 0 radical (unpaired) electrons. The molecule has 1 saturated carbocycles. The topological polar surface area (TPSA) is 38.5 Å². The molecule has 104 valence electrons. The highest BCUT2D eigenvalue weighted by Gasteiger charge is 2.41. The number of ether oxygens (including phenoxy) is 1. The summed E-state index contributed by atoms with van der Waals surface area (Å²) in [7, 11) is 0. The summed E-state index contributed by atoms with van der Waals surface area (Å²) in [5.74, 6) is -0.811. The van der Waals surface area contributed by atoms with Gasteiger partial charge >= 0.3 is 0 Å². The van der Waals surface area contributed by atoms with Gasteiger partial charge in [-0.2, -0.15) is 0 Å². The van der Waals surface area contributed by atoms with Crippen LogP contribution in [0.15, 0.2) is 18.2 Å². The molecule has 1 aliphatic heterocycles. The molecule has 1 aliphatic carbocycles. The van der Waals surface area contributed by atoms with Gasteiger partial charge in [0.25, 0.3) is 0 Å². The molecule has 3 nitrogen and oxygen atoms in total. The first-order chi connectivity index (χ1) is 9.20. The number of hydrogen-bond acceptors (Lipinski definition) is 3. The lowest BCUT2D eigenvalue weighted by Gasteiger charge is -2.41. The fraction of sp³-hybridized carbons (Fsp3) is 0.571. The van der Waals surface area contributed by atoms with Gasteiger partial charge in [-0.3, -0.25) is 4.90 Å². The Bertz CT molecular complexity index is 465. The highest BCUT2D eigenvalue weighted by atomic mass is 19.1. The Morgan fingerprint density at radius 2 is 2.11 bits per heavy atom. The van der Waals surface area contributed by atoms with Crippen molar-refractivity contribution < 1.29 is 13.5 Å². The minimum atomic E-state index is -0.423. The van der Waals surface area contributed by atoms with Crippen LogP contribution in [0.2, 0.25) is 0 Å². The van der Waals surface area contributed by atoms with Crippen LogP contribution in [0.4, 0.5) is 8.78 Å². The van der Waals surface area contributed by atoms with Crippen LogP contribution in [0.5, 0.6) is 0 Å². The molecule has 19 heavy (non-hydrogen) atoms. The molecule has 1 aromatic carbocycles. The Morgan fingerprint density at radius 1 is 1.32 bits per heavy atom. The van der Waals surface area contributed by atoms with Crippen molar-refractivity contribution in [3.05, 3.63) is 35.4 Å². The predicted molar refractivity (Wildman–Crippen MR) is 67.6 cm³/mol. The van der Waals surface area contributed by atoms with Crippen LogP contribution in [0.25, 0.3) is 0 Å². The minimum Gasteiger partial charge on any atom is -0.374 e. The highest BCUT2D eigenvalue weighted by molar-refractivity contribution is 5.25. The molecule has 5 heteroatoms. The fourth-order valence-electron chi connectivity index (χ4n) is 2.89. The van der Waals surface area contributed by atoms with E-state index >= 15 is 0 Å². The third kappa shape index (κ3) is 2.50. The second-order valence-electron chi connectivity index (χ2n) is 5.22. The lowest BCUT2D eigenvalue weighted by molar-refractivity contribution is -0.0723. The number of hydrogen-bond donors (Lipinski definition) is 1. The van der Waals surface area contributed by atoms with E-state index in [2.05, 4.69) is 4.90 Å². The Morgan fingerprint density at radius 3 is 2.79 bits per heavy atom. The summed E-state index contributed by atoms with van der Waals surface area (Å²) >= 11 is 0. The lowest BCUT2D eigenvalue weighted by atomic mass is 9.97. The number of benzene rings is 1. The normalized spacial score (nSPS) is 28.6. The van der Waals surface area contributed by atoms with Gasteiger partial charge in [-0.1, -0.05) is 0 Å². The van der Waals surface area contributed by atoms with E-state index in [1.54, 1.807) is 0 Å². The first-order valence-corrected chi connectivity index (χ1v) is 6.73. The van der Waals surface area contributed by atoms with E-state index in [9.17, 15) is 8.78 Å². The maximum absolute atomic E-state index is 14.0. The summed E-state index contributed by atoms with van der Waals surface area (Å²) in [5.41, 5.74) is 6.10. The van der Waals surface area contributed by atoms with Gasteiger partial charge < -0.3 is 10.5 Å². The molecular formula is C14H18F2N2O. The zero-order valence-electron chi connectivity index (χ0n) is 10.7. The molecule has 0 aromatic heterocycles. The number of morpholine rings is 1.